The number of urea groups is 1. The van der Waals surface area contributed by atoms with Crippen molar-refractivity contribution in [3.8, 4) is 11.3 Å². The molecule has 32 heavy (non-hydrogen) atoms. The summed E-state index contributed by atoms with van der Waals surface area (Å²) in [5.41, 5.74) is -2.75. The summed E-state index contributed by atoms with van der Waals surface area (Å²) in [4.78, 5) is 23.5. The number of amides is 2. The summed E-state index contributed by atoms with van der Waals surface area (Å²) in [5, 5.41) is 8.36. The molecule has 0 spiro atoms. The van der Waals surface area contributed by atoms with Crippen molar-refractivity contribution in [2.45, 2.75) is 12.4 Å². The standard InChI is InChI=1S/C20H14F6N4O2/c1-30-17(31)7-6-16(29-30)11-2-4-14(5-3-11)27-18(32)28-15-9-12(19(21,22)23)8-13(10-15)20(24,25)26/h2-10H,1H3,(H2,27,28,32). The fourth-order valence-electron chi connectivity index (χ4n) is 2.70. The Kier molecular flexibility index (Phi) is 5.97. The Labute approximate surface area is 176 Å². The van der Waals surface area contributed by atoms with Gasteiger partial charge in [0.05, 0.1) is 16.8 Å². The van der Waals surface area contributed by atoms with Crippen LogP contribution in [0.15, 0.2) is 59.4 Å². The molecule has 0 radical (unpaired) electrons. The SMILES string of the molecule is Cn1nc(-c2ccc(NC(=O)Nc3cc(C(F)(F)F)cc(C(F)(F)F)c3)cc2)ccc1=O. The molecule has 0 saturated heterocycles. The molecule has 0 fully saturated rings. The molecule has 1 heterocycles. The van der Waals surface area contributed by atoms with E-state index >= 15 is 0 Å². The highest BCUT2D eigenvalue weighted by Gasteiger charge is 2.37. The Morgan fingerprint density at radius 3 is 1.84 bits per heavy atom. The van der Waals surface area contributed by atoms with Crippen LogP contribution in [0.3, 0.4) is 0 Å². The van der Waals surface area contributed by atoms with E-state index in [0.29, 0.717) is 23.4 Å². The predicted octanol–water partition coefficient (Wildman–Crippen LogP) is 5.13. The molecular weight excluding hydrogens is 442 g/mol. The first-order valence-electron chi connectivity index (χ1n) is 8.85. The molecule has 6 nitrogen and oxygen atoms in total. The van der Waals surface area contributed by atoms with E-state index in [1.54, 1.807) is 12.1 Å². The fraction of sp³-hybridized carbons (Fsp3) is 0.150. The van der Waals surface area contributed by atoms with Gasteiger partial charge in [0, 0.05) is 30.1 Å². The lowest BCUT2D eigenvalue weighted by Gasteiger charge is -2.15. The van der Waals surface area contributed by atoms with Gasteiger partial charge in [0.2, 0.25) is 0 Å². The van der Waals surface area contributed by atoms with Gasteiger partial charge in [-0.1, -0.05) is 12.1 Å². The van der Waals surface area contributed by atoms with Crippen LogP contribution in [0.25, 0.3) is 11.3 Å². The molecule has 0 aliphatic heterocycles. The smallest absolute Gasteiger partial charge is 0.308 e. The molecule has 0 aliphatic carbocycles. The van der Waals surface area contributed by atoms with E-state index in [0.717, 1.165) is 4.68 Å². The summed E-state index contributed by atoms with van der Waals surface area (Å²) in [5.74, 6) is 0. The van der Waals surface area contributed by atoms with Crippen LogP contribution in [0.4, 0.5) is 42.5 Å². The van der Waals surface area contributed by atoms with Gasteiger partial charge >= 0.3 is 18.4 Å². The minimum Gasteiger partial charge on any atom is -0.308 e. The maximum absolute atomic E-state index is 12.9. The zero-order valence-electron chi connectivity index (χ0n) is 16.2. The quantitative estimate of drug-likeness (QED) is 0.537. The van der Waals surface area contributed by atoms with Crippen molar-refractivity contribution in [3.63, 3.8) is 0 Å². The molecule has 2 amide bonds. The lowest BCUT2D eigenvalue weighted by molar-refractivity contribution is -0.143. The molecule has 0 atom stereocenters. The second kappa shape index (κ2) is 8.36. The Bertz CT molecular complexity index is 1170. The molecule has 168 valence electrons. The molecule has 0 saturated carbocycles. The number of halogens is 6. The zero-order chi connectivity index (χ0) is 23.7. The number of anilines is 2. The number of rotatable bonds is 3. The summed E-state index contributed by atoms with van der Waals surface area (Å²) in [6, 6.07) is 8.61. The number of hydrogen-bond acceptors (Lipinski definition) is 3. The number of nitrogens with one attached hydrogen (secondary N) is 2. The second-order valence-corrected chi connectivity index (χ2v) is 6.63. The topological polar surface area (TPSA) is 76.0 Å². The highest BCUT2D eigenvalue weighted by molar-refractivity contribution is 6.00. The van der Waals surface area contributed by atoms with Crippen LogP contribution in [-0.4, -0.2) is 15.8 Å². The van der Waals surface area contributed by atoms with Crippen LogP contribution >= 0.6 is 0 Å². The normalized spacial score (nSPS) is 11.8. The zero-order valence-corrected chi connectivity index (χ0v) is 16.2. The summed E-state index contributed by atoms with van der Waals surface area (Å²) >= 11 is 0. The van der Waals surface area contributed by atoms with Crippen molar-refractivity contribution in [3.05, 3.63) is 76.1 Å². The number of aryl methyl sites for hydroxylation is 1. The third-order valence-electron chi connectivity index (χ3n) is 4.24. The fourth-order valence-corrected chi connectivity index (χ4v) is 2.70. The minimum atomic E-state index is -5.03. The highest BCUT2D eigenvalue weighted by Crippen LogP contribution is 2.37. The summed E-state index contributed by atoms with van der Waals surface area (Å²) in [7, 11) is 1.48. The molecule has 1 aromatic heterocycles. The lowest BCUT2D eigenvalue weighted by Crippen LogP contribution is -2.20. The van der Waals surface area contributed by atoms with Crippen LogP contribution in [0, 0.1) is 0 Å². The second-order valence-electron chi connectivity index (χ2n) is 6.63. The molecule has 2 aromatic carbocycles. The van der Waals surface area contributed by atoms with Crippen LogP contribution in [0.1, 0.15) is 11.1 Å². The number of carbonyl (C=O) groups excluding carboxylic acids is 1. The third-order valence-corrected chi connectivity index (χ3v) is 4.24. The molecule has 0 aliphatic rings. The maximum Gasteiger partial charge on any atom is 0.416 e. The number of nitrogens with zero attached hydrogens (tertiary/aromatic N) is 2. The van der Waals surface area contributed by atoms with Gasteiger partial charge in [-0.2, -0.15) is 31.4 Å². The molecule has 3 rings (SSSR count). The molecular formula is C20H14F6N4O2. The van der Waals surface area contributed by atoms with Gasteiger partial charge in [0.1, 0.15) is 0 Å². The van der Waals surface area contributed by atoms with Crippen molar-refractivity contribution in [2.24, 2.45) is 7.05 Å². The first kappa shape index (κ1) is 22.8. The first-order valence-corrected chi connectivity index (χ1v) is 8.85. The minimum absolute atomic E-state index is 0.0325. The highest BCUT2D eigenvalue weighted by atomic mass is 19.4. The van der Waals surface area contributed by atoms with Crippen molar-refractivity contribution < 1.29 is 31.1 Å². The molecule has 12 heteroatoms. The van der Waals surface area contributed by atoms with Crippen LogP contribution in [0.5, 0.6) is 0 Å². The van der Waals surface area contributed by atoms with Gasteiger partial charge in [0.25, 0.3) is 5.56 Å². The Hall–Kier alpha value is -3.83. The number of carbonyl (C=O) groups is 1. The van der Waals surface area contributed by atoms with E-state index in [-0.39, 0.29) is 17.3 Å². The van der Waals surface area contributed by atoms with Gasteiger partial charge < -0.3 is 10.6 Å². The van der Waals surface area contributed by atoms with Gasteiger partial charge in [-0.15, -0.1) is 0 Å². The molecule has 2 N–H and O–H groups in total. The number of hydrogen-bond donors (Lipinski definition) is 2. The van der Waals surface area contributed by atoms with E-state index in [1.165, 1.54) is 31.3 Å². The summed E-state index contributed by atoms with van der Waals surface area (Å²) in [6.45, 7) is 0. The molecule has 3 aromatic rings. The van der Waals surface area contributed by atoms with E-state index in [2.05, 4.69) is 10.4 Å². The largest absolute Gasteiger partial charge is 0.416 e. The van der Waals surface area contributed by atoms with Crippen molar-refractivity contribution in [2.75, 3.05) is 10.6 Å². The van der Waals surface area contributed by atoms with E-state index < -0.39 is 35.2 Å². The molecule has 0 unspecified atom stereocenters. The summed E-state index contributed by atoms with van der Waals surface area (Å²) in [6.07, 6.45) is -10.1. The van der Waals surface area contributed by atoms with Crippen molar-refractivity contribution in [1.82, 2.24) is 9.78 Å². The van der Waals surface area contributed by atoms with Gasteiger partial charge in [0.15, 0.2) is 0 Å². The summed E-state index contributed by atoms with van der Waals surface area (Å²) < 4.78 is 78.7. The monoisotopic (exact) mass is 456 g/mol. The number of alkyl halides is 6. The lowest BCUT2D eigenvalue weighted by atomic mass is 10.1. The van der Waals surface area contributed by atoms with Gasteiger partial charge in [-0.25, -0.2) is 9.48 Å². The van der Waals surface area contributed by atoms with Gasteiger partial charge in [-0.05, 0) is 36.4 Å². The van der Waals surface area contributed by atoms with Crippen LogP contribution < -0.4 is 16.2 Å². The molecule has 0 bridgehead atoms. The van der Waals surface area contributed by atoms with Crippen LogP contribution in [0.2, 0.25) is 0 Å². The first-order chi connectivity index (χ1) is 14.8. The van der Waals surface area contributed by atoms with Gasteiger partial charge in [-0.3, -0.25) is 4.79 Å². The third kappa shape index (κ3) is 5.45. The van der Waals surface area contributed by atoms with E-state index in [9.17, 15) is 35.9 Å². The number of benzene rings is 2. The van der Waals surface area contributed by atoms with E-state index in [1.807, 2.05) is 5.32 Å². The van der Waals surface area contributed by atoms with Crippen molar-refractivity contribution in [1.29, 1.82) is 0 Å². The predicted molar refractivity (Wildman–Crippen MR) is 104 cm³/mol. The van der Waals surface area contributed by atoms with Crippen LogP contribution in [-0.2, 0) is 19.4 Å². The Balaban J connectivity index is 1.77. The maximum atomic E-state index is 12.9. The van der Waals surface area contributed by atoms with Crippen molar-refractivity contribution >= 4 is 17.4 Å². The Morgan fingerprint density at radius 2 is 1.34 bits per heavy atom. The number of aromatic nitrogens is 2. The average Bonchev–Trinajstić information content (AvgIpc) is 2.69. The average molecular weight is 456 g/mol. The Morgan fingerprint density at radius 1 is 0.812 bits per heavy atom. The van der Waals surface area contributed by atoms with E-state index in [4.69, 9.17) is 0 Å².